The average Bonchev–Trinajstić information content (AvgIpc) is 2.93. The van der Waals surface area contributed by atoms with Crippen LogP contribution in [0.15, 0.2) is 18.3 Å². The number of rotatable bonds is 2. The van der Waals surface area contributed by atoms with Gasteiger partial charge in [0.15, 0.2) is 0 Å². The van der Waals surface area contributed by atoms with Crippen molar-refractivity contribution in [2.45, 2.75) is 45.1 Å². The van der Waals surface area contributed by atoms with E-state index >= 15 is 0 Å². The molecule has 2 aromatic rings. The number of amides is 1. The maximum absolute atomic E-state index is 12.2. The van der Waals surface area contributed by atoms with E-state index in [-0.39, 0.29) is 17.6 Å². The van der Waals surface area contributed by atoms with E-state index in [9.17, 15) is 14.7 Å². The topological polar surface area (TPSA) is 84.7 Å². The summed E-state index contributed by atoms with van der Waals surface area (Å²) < 4.78 is 7.09. The number of likely N-dealkylation sites (tertiary alicyclic amines) is 1. The molecule has 1 aliphatic rings. The normalized spacial score (nSPS) is 16.1. The molecule has 0 atom stereocenters. The third-order valence-corrected chi connectivity index (χ3v) is 4.64. The first-order valence-electron chi connectivity index (χ1n) is 8.83. The van der Waals surface area contributed by atoms with Crippen molar-refractivity contribution < 1.29 is 19.4 Å². The second-order valence-electron chi connectivity index (χ2n) is 7.81. The molecule has 0 spiro atoms. The monoisotopic (exact) mass is 359 g/mol. The number of hydrogen-bond acceptors (Lipinski definition) is 4. The minimum absolute atomic E-state index is 0.218. The van der Waals surface area contributed by atoms with Gasteiger partial charge in [0.05, 0.1) is 5.56 Å². The second kappa shape index (κ2) is 6.63. The van der Waals surface area contributed by atoms with Crippen LogP contribution in [-0.2, 0) is 11.8 Å². The van der Waals surface area contributed by atoms with Crippen LogP contribution in [-0.4, -0.2) is 50.5 Å². The molecule has 140 valence electrons. The molecule has 1 aromatic heterocycles. The molecule has 0 bridgehead atoms. The van der Waals surface area contributed by atoms with Crippen molar-refractivity contribution in [3.63, 3.8) is 0 Å². The Kier molecular flexibility index (Phi) is 4.64. The fourth-order valence-electron chi connectivity index (χ4n) is 3.47. The SMILES string of the molecule is Cn1cc2c(C3CCN(C(=O)OC(C)(C)C)CC3)ccc(C(=O)O)c2n1. The van der Waals surface area contributed by atoms with Crippen LogP contribution in [0, 0.1) is 0 Å². The predicted molar refractivity (Wildman–Crippen MR) is 97.5 cm³/mol. The molecule has 2 heterocycles. The third-order valence-electron chi connectivity index (χ3n) is 4.64. The number of nitrogens with zero attached hydrogens (tertiary/aromatic N) is 3. The zero-order chi connectivity index (χ0) is 19.1. The molecular formula is C19H25N3O4. The molecule has 0 aliphatic carbocycles. The van der Waals surface area contributed by atoms with Crippen molar-refractivity contribution in [2.75, 3.05) is 13.1 Å². The van der Waals surface area contributed by atoms with Crippen LogP contribution in [0.5, 0.6) is 0 Å². The minimum Gasteiger partial charge on any atom is -0.478 e. The van der Waals surface area contributed by atoms with Gasteiger partial charge in [0, 0.05) is 31.7 Å². The van der Waals surface area contributed by atoms with Crippen molar-refractivity contribution >= 4 is 23.0 Å². The Balaban J connectivity index is 1.79. The van der Waals surface area contributed by atoms with E-state index in [1.54, 1.807) is 22.7 Å². The minimum atomic E-state index is -0.972. The largest absolute Gasteiger partial charge is 0.478 e. The first-order valence-corrected chi connectivity index (χ1v) is 8.83. The molecule has 7 nitrogen and oxygen atoms in total. The number of carbonyl (C=O) groups is 2. The highest BCUT2D eigenvalue weighted by Crippen LogP contribution is 2.34. The quantitative estimate of drug-likeness (QED) is 0.888. The maximum Gasteiger partial charge on any atom is 0.410 e. The molecule has 0 unspecified atom stereocenters. The van der Waals surface area contributed by atoms with Crippen molar-refractivity contribution in [3.05, 3.63) is 29.5 Å². The summed E-state index contributed by atoms with van der Waals surface area (Å²) in [6.45, 7) is 6.84. The lowest BCUT2D eigenvalue weighted by Gasteiger charge is -2.33. The van der Waals surface area contributed by atoms with Crippen molar-refractivity contribution in [1.82, 2.24) is 14.7 Å². The van der Waals surface area contributed by atoms with Crippen LogP contribution >= 0.6 is 0 Å². The van der Waals surface area contributed by atoms with Gasteiger partial charge >= 0.3 is 12.1 Å². The van der Waals surface area contributed by atoms with Crippen molar-refractivity contribution in [3.8, 4) is 0 Å². The van der Waals surface area contributed by atoms with Gasteiger partial charge in [-0.15, -0.1) is 0 Å². The summed E-state index contributed by atoms with van der Waals surface area (Å²) in [6.07, 6.45) is 3.23. The van der Waals surface area contributed by atoms with E-state index in [0.29, 0.717) is 18.6 Å². The van der Waals surface area contributed by atoms with Crippen LogP contribution in [0.3, 0.4) is 0 Å². The number of hydrogen-bond donors (Lipinski definition) is 1. The summed E-state index contributed by atoms with van der Waals surface area (Å²) in [7, 11) is 1.79. The van der Waals surface area contributed by atoms with Gasteiger partial charge in [-0.05, 0) is 51.2 Å². The summed E-state index contributed by atoms with van der Waals surface area (Å²) in [6, 6.07) is 3.52. The average molecular weight is 359 g/mol. The number of fused-ring (bicyclic) bond motifs is 1. The molecule has 3 rings (SSSR count). The van der Waals surface area contributed by atoms with E-state index in [0.717, 1.165) is 23.8 Å². The molecule has 0 saturated carbocycles. The Morgan fingerprint density at radius 1 is 1.23 bits per heavy atom. The van der Waals surface area contributed by atoms with Gasteiger partial charge in [-0.3, -0.25) is 4.68 Å². The van der Waals surface area contributed by atoms with Gasteiger partial charge in [0.25, 0.3) is 0 Å². The maximum atomic E-state index is 12.2. The van der Waals surface area contributed by atoms with Gasteiger partial charge in [-0.1, -0.05) is 6.07 Å². The van der Waals surface area contributed by atoms with Gasteiger partial charge < -0.3 is 14.7 Å². The van der Waals surface area contributed by atoms with E-state index in [4.69, 9.17) is 4.74 Å². The Morgan fingerprint density at radius 2 is 1.88 bits per heavy atom. The zero-order valence-corrected chi connectivity index (χ0v) is 15.7. The van der Waals surface area contributed by atoms with Crippen LogP contribution in [0.2, 0.25) is 0 Å². The Bertz CT molecular complexity index is 842. The van der Waals surface area contributed by atoms with Crippen LogP contribution in [0.4, 0.5) is 4.79 Å². The molecule has 26 heavy (non-hydrogen) atoms. The third kappa shape index (κ3) is 3.66. The summed E-state index contributed by atoms with van der Waals surface area (Å²) in [5.41, 5.74) is 1.34. The Hall–Kier alpha value is -2.57. The summed E-state index contributed by atoms with van der Waals surface area (Å²) >= 11 is 0. The molecule has 1 saturated heterocycles. The standard InChI is InChI=1S/C19H25N3O4/c1-19(2,3)26-18(25)22-9-7-12(8-10-22)13-5-6-14(17(23)24)16-15(13)11-21(4)20-16/h5-6,11-12H,7-10H2,1-4H3,(H,23,24). The summed E-state index contributed by atoms with van der Waals surface area (Å²) in [5, 5.41) is 14.6. The molecule has 7 heteroatoms. The number of benzene rings is 1. The van der Waals surface area contributed by atoms with Gasteiger partial charge in [0.2, 0.25) is 0 Å². The molecule has 1 aliphatic heterocycles. The van der Waals surface area contributed by atoms with Crippen LogP contribution in [0.25, 0.3) is 10.9 Å². The number of aryl methyl sites for hydroxylation is 1. The van der Waals surface area contributed by atoms with Crippen molar-refractivity contribution in [2.24, 2.45) is 7.05 Å². The smallest absolute Gasteiger partial charge is 0.410 e. The van der Waals surface area contributed by atoms with Gasteiger partial charge in [-0.2, -0.15) is 5.10 Å². The summed E-state index contributed by atoms with van der Waals surface area (Å²) in [4.78, 5) is 25.4. The Labute approximate surface area is 152 Å². The van der Waals surface area contributed by atoms with Crippen LogP contribution in [0.1, 0.15) is 55.5 Å². The zero-order valence-electron chi connectivity index (χ0n) is 15.7. The highest BCUT2D eigenvalue weighted by Gasteiger charge is 2.29. The Morgan fingerprint density at radius 3 is 2.46 bits per heavy atom. The first-order chi connectivity index (χ1) is 12.2. The highest BCUT2D eigenvalue weighted by molar-refractivity contribution is 6.02. The lowest BCUT2D eigenvalue weighted by atomic mass is 9.87. The fourth-order valence-corrected chi connectivity index (χ4v) is 3.47. The van der Waals surface area contributed by atoms with E-state index < -0.39 is 11.6 Å². The van der Waals surface area contributed by atoms with Crippen molar-refractivity contribution in [1.29, 1.82) is 0 Å². The van der Waals surface area contributed by atoms with E-state index in [1.165, 1.54) is 0 Å². The molecule has 1 fully saturated rings. The molecule has 0 radical (unpaired) electrons. The fraction of sp³-hybridized carbons (Fsp3) is 0.526. The first kappa shape index (κ1) is 18.2. The predicted octanol–water partition coefficient (Wildman–Crippen LogP) is 3.39. The molecule has 1 N–H and O–H groups in total. The number of ether oxygens (including phenoxy) is 1. The summed E-state index contributed by atoms with van der Waals surface area (Å²) in [5.74, 6) is -0.705. The number of carboxylic acid groups (broad SMARTS) is 1. The molecular weight excluding hydrogens is 334 g/mol. The number of carboxylic acids is 1. The van der Waals surface area contributed by atoms with Gasteiger partial charge in [0.1, 0.15) is 11.1 Å². The van der Waals surface area contributed by atoms with E-state index in [1.807, 2.05) is 33.0 Å². The van der Waals surface area contributed by atoms with Crippen LogP contribution < -0.4 is 0 Å². The second-order valence-corrected chi connectivity index (χ2v) is 7.81. The number of piperidine rings is 1. The number of carbonyl (C=O) groups excluding carboxylic acids is 1. The van der Waals surface area contributed by atoms with Gasteiger partial charge in [-0.25, -0.2) is 9.59 Å². The lowest BCUT2D eigenvalue weighted by Crippen LogP contribution is -2.41. The molecule has 1 aromatic carbocycles. The number of aromatic carboxylic acids is 1. The highest BCUT2D eigenvalue weighted by atomic mass is 16.6. The van der Waals surface area contributed by atoms with E-state index in [2.05, 4.69) is 5.10 Å². The lowest BCUT2D eigenvalue weighted by molar-refractivity contribution is 0.0205. The molecule has 1 amide bonds. The number of aromatic nitrogens is 2.